The lowest BCUT2D eigenvalue weighted by molar-refractivity contribution is -0.156. The summed E-state index contributed by atoms with van der Waals surface area (Å²) in [6, 6.07) is 0. The van der Waals surface area contributed by atoms with Crippen LogP contribution < -0.4 is 5.32 Å². The van der Waals surface area contributed by atoms with Crippen molar-refractivity contribution in [2.75, 3.05) is 13.1 Å². The standard InChI is InChI=1S/C11H21NO3/c1-11(15,10(13)14)8-12-7-6-9-4-2-3-5-9/h9,12,15H,2-8H2,1H3,(H,13,14). The minimum absolute atomic E-state index is 0.120. The molecule has 4 nitrogen and oxygen atoms in total. The van der Waals surface area contributed by atoms with Crippen molar-refractivity contribution in [1.82, 2.24) is 5.32 Å². The van der Waals surface area contributed by atoms with Crippen LogP contribution in [0.4, 0.5) is 0 Å². The number of aliphatic hydroxyl groups is 1. The molecule has 1 aliphatic rings. The van der Waals surface area contributed by atoms with Crippen molar-refractivity contribution in [3.05, 3.63) is 0 Å². The molecule has 0 amide bonds. The maximum atomic E-state index is 10.6. The SMILES string of the molecule is CC(O)(CNCCC1CCCC1)C(=O)O. The van der Waals surface area contributed by atoms with Crippen molar-refractivity contribution in [1.29, 1.82) is 0 Å². The van der Waals surface area contributed by atoms with Gasteiger partial charge in [-0.05, 0) is 25.8 Å². The molecule has 1 rings (SSSR count). The number of hydrogen-bond acceptors (Lipinski definition) is 3. The van der Waals surface area contributed by atoms with Crippen molar-refractivity contribution in [2.24, 2.45) is 5.92 Å². The number of carboxylic acid groups (broad SMARTS) is 1. The van der Waals surface area contributed by atoms with E-state index in [0.29, 0.717) is 0 Å². The van der Waals surface area contributed by atoms with Gasteiger partial charge in [0, 0.05) is 6.54 Å². The second-order valence-electron chi connectivity index (χ2n) is 4.69. The summed E-state index contributed by atoms with van der Waals surface area (Å²) in [6.45, 7) is 2.24. The van der Waals surface area contributed by atoms with Crippen molar-refractivity contribution in [2.45, 2.75) is 44.6 Å². The van der Waals surface area contributed by atoms with Gasteiger partial charge in [-0.3, -0.25) is 0 Å². The first-order chi connectivity index (χ1) is 7.02. The molecule has 0 spiro atoms. The number of rotatable bonds is 6. The highest BCUT2D eigenvalue weighted by Crippen LogP contribution is 2.26. The van der Waals surface area contributed by atoms with Gasteiger partial charge in [-0.2, -0.15) is 0 Å². The monoisotopic (exact) mass is 215 g/mol. The Labute approximate surface area is 90.7 Å². The van der Waals surface area contributed by atoms with E-state index in [9.17, 15) is 9.90 Å². The largest absolute Gasteiger partial charge is 0.479 e. The Morgan fingerprint density at radius 3 is 2.60 bits per heavy atom. The quantitative estimate of drug-likeness (QED) is 0.578. The van der Waals surface area contributed by atoms with Crippen LogP contribution in [0.1, 0.15) is 39.0 Å². The minimum atomic E-state index is -1.64. The normalized spacial score (nSPS) is 21.5. The van der Waals surface area contributed by atoms with Gasteiger partial charge in [0.2, 0.25) is 0 Å². The van der Waals surface area contributed by atoms with E-state index in [1.165, 1.54) is 32.6 Å². The van der Waals surface area contributed by atoms with E-state index in [1.54, 1.807) is 0 Å². The molecule has 1 unspecified atom stereocenters. The first kappa shape index (κ1) is 12.5. The predicted octanol–water partition coefficient (Wildman–Crippen LogP) is 0.992. The fourth-order valence-electron chi connectivity index (χ4n) is 2.01. The van der Waals surface area contributed by atoms with Gasteiger partial charge in [-0.1, -0.05) is 25.7 Å². The second kappa shape index (κ2) is 5.47. The highest BCUT2D eigenvalue weighted by atomic mass is 16.4. The average molecular weight is 215 g/mol. The first-order valence-corrected chi connectivity index (χ1v) is 5.69. The fourth-order valence-corrected chi connectivity index (χ4v) is 2.01. The van der Waals surface area contributed by atoms with E-state index in [4.69, 9.17) is 5.11 Å². The van der Waals surface area contributed by atoms with Crippen LogP contribution in [0, 0.1) is 5.92 Å². The molecule has 0 heterocycles. The third kappa shape index (κ3) is 4.18. The summed E-state index contributed by atoms with van der Waals surface area (Å²) in [6.07, 6.45) is 6.36. The lowest BCUT2D eigenvalue weighted by Crippen LogP contribution is -2.45. The number of carbonyl (C=O) groups is 1. The van der Waals surface area contributed by atoms with Crippen molar-refractivity contribution in [3.8, 4) is 0 Å². The van der Waals surface area contributed by atoms with E-state index in [1.807, 2.05) is 0 Å². The Morgan fingerprint density at radius 2 is 2.07 bits per heavy atom. The van der Waals surface area contributed by atoms with Crippen LogP contribution in [0.5, 0.6) is 0 Å². The second-order valence-corrected chi connectivity index (χ2v) is 4.69. The van der Waals surface area contributed by atoms with Crippen LogP contribution in [-0.4, -0.2) is 34.9 Å². The number of hydrogen-bond donors (Lipinski definition) is 3. The van der Waals surface area contributed by atoms with Gasteiger partial charge < -0.3 is 15.5 Å². The summed E-state index contributed by atoms with van der Waals surface area (Å²) in [5, 5.41) is 21.1. The highest BCUT2D eigenvalue weighted by molar-refractivity contribution is 5.76. The van der Waals surface area contributed by atoms with E-state index in [0.717, 1.165) is 18.9 Å². The molecule has 1 aliphatic carbocycles. The summed E-state index contributed by atoms with van der Waals surface area (Å²) in [5.74, 6) is -0.372. The Bertz CT molecular complexity index is 210. The zero-order valence-corrected chi connectivity index (χ0v) is 9.33. The average Bonchev–Trinajstić information content (AvgIpc) is 2.64. The van der Waals surface area contributed by atoms with Gasteiger partial charge in [0.15, 0.2) is 5.60 Å². The molecule has 0 aromatic heterocycles. The lowest BCUT2D eigenvalue weighted by Gasteiger charge is -2.19. The van der Waals surface area contributed by atoms with Gasteiger partial charge in [-0.25, -0.2) is 4.79 Å². The number of carboxylic acids is 1. The summed E-state index contributed by atoms with van der Waals surface area (Å²) in [7, 11) is 0. The third-order valence-electron chi connectivity index (χ3n) is 3.13. The Hall–Kier alpha value is -0.610. The van der Waals surface area contributed by atoms with E-state index >= 15 is 0 Å². The summed E-state index contributed by atoms with van der Waals surface area (Å²) in [5.41, 5.74) is -1.64. The van der Waals surface area contributed by atoms with Crippen LogP contribution in [0.2, 0.25) is 0 Å². The van der Waals surface area contributed by atoms with E-state index < -0.39 is 11.6 Å². The van der Waals surface area contributed by atoms with E-state index in [-0.39, 0.29) is 6.54 Å². The van der Waals surface area contributed by atoms with Crippen LogP contribution in [0.3, 0.4) is 0 Å². The molecule has 0 aromatic carbocycles. The molecule has 1 atom stereocenters. The molecule has 0 saturated heterocycles. The maximum absolute atomic E-state index is 10.6. The molecular formula is C11H21NO3. The van der Waals surface area contributed by atoms with Crippen LogP contribution in [-0.2, 0) is 4.79 Å². The van der Waals surface area contributed by atoms with Gasteiger partial charge in [-0.15, -0.1) is 0 Å². The summed E-state index contributed by atoms with van der Waals surface area (Å²) >= 11 is 0. The third-order valence-corrected chi connectivity index (χ3v) is 3.13. The molecule has 88 valence electrons. The molecule has 4 heteroatoms. The van der Waals surface area contributed by atoms with Gasteiger partial charge in [0.05, 0.1) is 0 Å². The minimum Gasteiger partial charge on any atom is -0.479 e. The van der Waals surface area contributed by atoms with Crippen molar-refractivity contribution < 1.29 is 15.0 Å². The van der Waals surface area contributed by atoms with Gasteiger partial charge >= 0.3 is 5.97 Å². The molecular weight excluding hydrogens is 194 g/mol. The molecule has 0 aliphatic heterocycles. The van der Waals surface area contributed by atoms with Gasteiger partial charge in [0.25, 0.3) is 0 Å². The lowest BCUT2D eigenvalue weighted by atomic mass is 10.0. The smallest absolute Gasteiger partial charge is 0.336 e. The molecule has 1 fully saturated rings. The summed E-state index contributed by atoms with van der Waals surface area (Å²) < 4.78 is 0. The van der Waals surface area contributed by atoms with Crippen molar-refractivity contribution in [3.63, 3.8) is 0 Å². The fraction of sp³-hybridized carbons (Fsp3) is 0.909. The molecule has 1 saturated carbocycles. The molecule has 3 N–H and O–H groups in total. The first-order valence-electron chi connectivity index (χ1n) is 5.69. The Morgan fingerprint density at radius 1 is 1.47 bits per heavy atom. The topological polar surface area (TPSA) is 69.6 Å². The van der Waals surface area contributed by atoms with Crippen molar-refractivity contribution >= 4 is 5.97 Å². The Balaban J connectivity index is 2.08. The highest BCUT2D eigenvalue weighted by Gasteiger charge is 2.29. The molecule has 15 heavy (non-hydrogen) atoms. The molecule has 0 aromatic rings. The van der Waals surface area contributed by atoms with Crippen LogP contribution >= 0.6 is 0 Å². The predicted molar refractivity (Wildman–Crippen MR) is 57.7 cm³/mol. The molecule has 0 radical (unpaired) electrons. The van der Waals surface area contributed by atoms with Crippen LogP contribution in [0.15, 0.2) is 0 Å². The Kier molecular flexibility index (Phi) is 4.54. The number of aliphatic carboxylic acids is 1. The summed E-state index contributed by atoms with van der Waals surface area (Å²) in [4.78, 5) is 10.6. The van der Waals surface area contributed by atoms with E-state index in [2.05, 4.69) is 5.32 Å². The van der Waals surface area contributed by atoms with Crippen LogP contribution in [0.25, 0.3) is 0 Å². The number of nitrogens with one attached hydrogen (secondary N) is 1. The zero-order chi connectivity index (χ0) is 11.3. The maximum Gasteiger partial charge on any atom is 0.336 e. The molecule has 0 bridgehead atoms. The zero-order valence-electron chi connectivity index (χ0n) is 9.33. The van der Waals surface area contributed by atoms with Gasteiger partial charge in [0.1, 0.15) is 0 Å².